The molecule has 0 aliphatic heterocycles. The van der Waals surface area contributed by atoms with Gasteiger partial charge in [0.1, 0.15) is 5.75 Å². The number of hydrogen-bond donors (Lipinski definition) is 0. The second-order valence-corrected chi connectivity index (χ2v) is 5.92. The van der Waals surface area contributed by atoms with Crippen LogP contribution < -0.4 is 4.74 Å². The minimum absolute atomic E-state index is 0.151. The molecule has 0 radical (unpaired) electrons. The molecule has 0 aliphatic rings. The highest BCUT2D eigenvalue weighted by molar-refractivity contribution is 5.69. The van der Waals surface area contributed by atoms with Gasteiger partial charge in [0.15, 0.2) is 0 Å². The molecule has 2 aromatic rings. The summed E-state index contributed by atoms with van der Waals surface area (Å²) in [4.78, 5) is 11.7. The minimum Gasteiger partial charge on any atom is -0.496 e. The molecule has 3 heteroatoms. The maximum absolute atomic E-state index is 11.7. The van der Waals surface area contributed by atoms with E-state index in [4.69, 9.17) is 9.47 Å². The van der Waals surface area contributed by atoms with E-state index in [2.05, 4.69) is 37.3 Å². The van der Waals surface area contributed by atoms with Crippen LogP contribution in [0.25, 0.3) is 0 Å². The molecule has 0 saturated carbocycles. The van der Waals surface area contributed by atoms with Crippen molar-refractivity contribution in [2.75, 3.05) is 13.7 Å². The number of aryl methyl sites for hydroxylation is 1. The summed E-state index contributed by atoms with van der Waals surface area (Å²) in [6.07, 6.45) is 1.95. The van der Waals surface area contributed by atoms with Gasteiger partial charge in [0.2, 0.25) is 0 Å². The minimum atomic E-state index is -0.151. The van der Waals surface area contributed by atoms with E-state index in [0.29, 0.717) is 25.4 Å². The summed E-state index contributed by atoms with van der Waals surface area (Å²) in [7, 11) is 1.70. The van der Waals surface area contributed by atoms with Crippen LogP contribution in [-0.4, -0.2) is 19.7 Å². The molecule has 2 rings (SSSR count). The Hall–Kier alpha value is -2.29. The summed E-state index contributed by atoms with van der Waals surface area (Å²) >= 11 is 0. The average Bonchev–Trinajstić information content (AvgIpc) is 2.61. The van der Waals surface area contributed by atoms with Gasteiger partial charge in [-0.1, -0.05) is 49.4 Å². The Morgan fingerprint density at radius 3 is 2.50 bits per heavy atom. The van der Waals surface area contributed by atoms with Crippen molar-refractivity contribution >= 4 is 5.97 Å². The Kier molecular flexibility index (Phi) is 6.86. The fraction of sp³-hybridized carbons (Fsp3) is 0.381. The van der Waals surface area contributed by atoms with E-state index < -0.39 is 0 Å². The van der Waals surface area contributed by atoms with Crippen molar-refractivity contribution in [3.05, 3.63) is 65.2 Å². The number of ether oxygens (including phenoxy) is 2. The molecule has 128 valence electrons. The topological polar surface area (TPSA) is 35.5 Å². The first-order valence-corrected chi connectivity index (χ1v) is 8.51. The van der Waals surface area contributed by atoms with E-state index in [1.807, 2.05) is 25.1 Å². The molecule has 0 amide bonds. The second kappa shape index (κ2) is 9.11. The summed E-state index contributed by atoms with van der Waals surface area (Å²) in [5, 5.41) is 0. The molecule has 3 nitrogen and oxygen atoms in total. The van der Waals surface area contributed by atoms with E-state index in [1.165, 1.54) is 11.1 Å². The Morgan fingerprint density at radius 2 is 1.83 bits per heavy atom. The summed E-state index contributed by atoms with van der Waals surface area (Å²) < 4.78 is 10.6. The zero-order valence-corrected chi connectivity index (χ0v) is 14.7. The van der Waals surface area contributed by atoms with Crippen molar-refractivity contribution in [2.24, 2.45) is 0 Å². The zero-order chi connectivity index (χ0) is 17.4. The average molecular weight is 326 g/mol. The quantitative estimate of drug-likeness (QED) is 0.668. The molecule has 0 bridgehead atoms. The van der Waals surface area contributed by atoms with Crippen LogP contribution in [0.4, 0.5) is 0 Å². The van der Waals surface area contributed by atoms with Crippen molar-refractivity contribution in [3.8, 4) is 5.75 Å². The SMILES string of the molecule is CCOC(=O)CCc1cccc(OC)c1CC(C)c1ccccc1. The maximum Gasteiger partial charge on any atom is 0.306 e. The highest BCUT2D eigenvalue weighted by atomic mass is 16.5. The summed E-state index contributed by atoms with van der Waals surface area (Å²) in [6, 6.07) is 16.5. The molecular weight excluding hydrogens is 300 g/mol. The van der Waals surface area contributed by atoms with Gasteiger partial charge in [0.25, 0.3) is 0 Å². The van der Waals surface area contributed by atoms with E-state index in [9.17, 15) is 4.79 Å². The van der Waals surface area contributed by atoms with Crippen molar-refractivity contribution in [1.29, 1.82) is 0 Å². The standard InChI is InChI=1S/C21H26O3/c1-4-24-21(22)14-13-18-11-8-12-20(23-3)19(18)15-16(2)17-9-6-5-7-10-17/h5-12,16H,4,13-15H2,1-3H3. The van der Waals surface area contributed by atoms with Crippen LogP contribution in [0.5, 0.6) is 5.75 Å². The van der Waals surface area contributed by atoms with Crippen LogP contribution in [0.1, 0.15) is 42.9 Å². The van der Waals surface area contributed by atoms with Gasteiger partial charge < -0.3 is 9.47 Å². The van der Waals surface area contributed by atoms with Crippen molar-refractivity contribution in [3.63, 3.8) is 0 Å². The first-order chi connectivity index (χ1) is 11.7. The zero-order valence-electron chi connectivity index (χ0n) is 14.7. The third-order valence-corrected chi connectivity index (χ3v) is 4.23. The van der Waals surface area contributed by atoms with E-state index in [-0.39, 0.29) is 5.97 Å². The molecule has 0 aliphatic carbocycles. The molecule has 24 heavy (non-hydrogen) atoms. The van der Waals surface area contributed by atoms with Crippen LogP contribution in [0.15, 0.2) is 48.5 Å². The lowest BCUT2D eigenvalue weighted by Crippen LogP contribution is -2.08. The normalized spacial score (nSPS) is 11.8. The van der Waals surface area contributed by atoms with Gasteiger partial charge >= 0.3 is 5.97 Å². The lowest BCUT2D eigenvalue weighted by molar-refractivity contribution is -0.143. The van der Waals surface area contributed by atoms with E-state index in [0.717, 1.165) is 17.7 Å². The number of carbonyl (C=O) groups is 1. The Labute approximate surface area is 144 Å². The highest BCUT2D eigenvalue weighted by Crippen LogP contribution is 2.29. The Balaban J connectivity index is 2.18. The Bertz CT molecular complexity index is 649. The predicted molar refractivity (Wildman–Crippen MR) is 96.5 cm³/mol. The van der Waals surface area contributed by atoms with Gasteiger partial charge in [-0.3, -0.25) is 4.79 Å². The molecule has 0 N–H and O–H groups in total. The maximum atomic E-state index is 11.7. The van der Waals surface area contributed by atoms with E-state index >= 15 is 0 Å². The van der Waals surface area contributed by atoms with Crippen molar-refractivity contribution in [1.82, 2.24) is 0 Å². The molecule has 0 aromatic heterocycles. The molecule has 2 aromatic carbocycles. The third-order valence-electron chi connectivity index (χ3n) is 4.23. The van der Waals surface area contributed by atoms with Crippen molar-refractivity contribution < 1.29 is 14.3 Å². The number of carbonyl (C=O) groups excluding carboxylic acids is 1. The molecular formula is C21H26O3. The molecule has 0 saturated heterocycles. The van der Waals surface area contributed by atoms with E-state index in [1.54, 1.807) is 7.11 Å². The molecule has 0 heterocycles. The summed E-state index contributed by atoms with van der Waals surface area (Å²) in [5.74, 6) is 1.12. The van der Waals surface area contributed by atoms with Crippen LogP contribution in [-0.2, 0) is 22.4 Å². The first-order valence-electron chi connectivity index (χ1n) is 8.51. The largest absolute Gasteiger partial charge is 0.496 e. The van der Waals surface area contributed by atoms with Crippen LogP contribution in [0.2, 0.25) is 0 Å². The molecule has 1 atom stereocenters. The van der Waals surface area contributed by atoms with Crippen LogP contribution >= 0.6 is 0 Å². The number of rotatable bonds is 8. The predicted octanol–water partition coefficient (Wildman–Crippen LogP) is 4.54. The number of benzene rings is 2. The Morgan fingerprint density at radius 1 is 1.08 bits per heavy atom. The number of methoxy groups -OCH3 is 1. The third kappa shape index (κ3) is 4.85. The van der Waals surface area contributed by atoms with Crippen LogP contribution in [0.3, 0.4) is 0 Å². The number of hydrogen-bond acceptors (Lipinski definition) is 3. The highest BCUT2D eigenvalue weighted by Gasteiger charge is 2.15. The molecule has 1 unspecified atom stereocenters. The van der Waals surface area contributed by atoms with Crippen LogP contribution in [0, 0.1) is 0 Å². The van der Waals surface area contributed by atoms with Gasteiger partial charge in [-0.05, 0) is 48.4 Å². The van der Waals surface area contributed by atoms with Gasteiger partial charge in [-0.25, -0.2) is 0 Å². The fourth-order valence-corrected chi connectivity index (χ4v) is 2.94. The van der Waals surface area contributed by atoms with Gasteiger partial charge in [-0.2, -0.15) is 0 Å². The van der Waals surface area contributed by atoms with Gasteiger partial charge in [0, 0.05) is 6.42 Å². The number of esters is 1. The second-order valence-electron chi connectivity index (χ2n) is 5.92. The summed E-state index contributed by atoms with van der Waals surface area (Å²) in [6.45, 7) is 4.47. The smallest absolute Gasteiger partial charge is 0.306 e. The monoisotopic (exact) mass is 326 g/mol. The summed E-state index contributed by atoms with van der Waals surface area (Å²) in [5.41, 5.74) is 3.64. The fourth-order valence-electron chi connectivity index (χ4n) is 2.94. The molecule has 0 fully saturated rings. The lowest BCUT2D eigenvalue weighted by Gasteiger charge is -2.18. The first kappa shape index (κ1) is 18.1. The lowest BCUT2D eigenvalue weighted by atomic mass is 9.89. The molecule has 0 spiro atoms. The van der Waals surface area contributed by atoms with Gasteiger partial charge in [0.05, 0.1) is 13.7 Å². The van der Waals surface area contributed by atoms with Gasteiger partial charge in [-0.15, -0.1) is 0 Å². The van der Waals surface area contributed by atoms with Crippen molar-refractivity contribution in [2.45, 2.75) is 39.0 Å².